The minimum atomic E-state index is -1.65. The third-order valence-electron chi connectivity index (χ3n) is 9.38. The van der Waals surface area contributed by atoms with Gasteiger partial charge in [-0.25, -0.2) is 14.4 Å². The molecule has 0 radical (unpaired) electrons. The summed E-state index contributed by atoms with van der Waals surface area (Å²) in [6.07, 6.45) is 1.63. The molecule has 0 amide bonds. The van der Waals surface area contributed by atoms with Crippen molar-refractivity contribution >= 4 is 14.2 Å². The first kappa shape index (κ1) is 39.0. The number of hydrogen-bond acceptors (Lipinski definition) is 11. The van der Waals surface area contributed by atoms with Gasteiger partial charge in [0.1, 0.15) is 35.8 Å². The zero-order chi connectivity index (χ0) is 38.2. The molecule has 6 rings (SSSR count). The van der Waals surface area contributed by atoms with Crippen molar-refractivity contribution in [3.05, 3.63) is 125 Å². The van der Waals surface area contributed by atoms with Crippen molar-refractivity contribution < 1.29 is 28.0 Å². The number of ether oxygens (including phenoxy) is 4. The van der Waals surface area contributed by atoms with Crippen molar-refractivity contribution in [1.29, 1.82) is 5.26 Å². The molecule has 0 bridgehead atoms. The Kier molecular flexibility index (Phi) is 12.8. The quantitative estimate of drug-likeness (QED) is 0.0560. The molecule has 0 aliphatic carbocycles. The van der Waals surface area contributed by atoms with Crippen LogP contribution in [0.2, 0.25) is 0 Å². The predicted octanol–water partition coefficient (Wildman–Crippen LogP) is 6.87. The second-order valence-corrected chi connectivity index (χ2v) is 14.8. The van der Waals surface area contributed by atoms with E-state index in [1.165, 1.54) is 15.4 Å². The average molecular weight is 755 g/mol. The van der Waals surface area contributed by atoms with E-state index in [4.69, 9.17) is 28.0 Å². The summed E-state index contributed by atoms with van der Waals surface area (Å²) in [5.74, 6) is 1.43. The molecule has 54 heavy (non-hydrogen) atoms. The van der Waals surface area contributed by atoms with Gasteiger partial charge in [0.05, 0.1) is 46.0 Å². The van der Waals surface area contributed by atoms with E-state index in [0.717, 1.165) is 16.7 Å². The van der Waals surface area contributed by atoms with Gasteiger partial charge in [0.25, 0.3) is 8.53 Å². The number of aromatic nitrogens is 4. The minimum Gasteiger partial charge on any atom is -0.497 e. The lowest BCUT2D eigenvalue weighted by atomic mass is 9.80. The number of methoxy groups -OCH3 is 2. The lowest BCUT2D eigenvalue weighted by Crippen LogP contribution is -2.39. The van der Waals surface area contributed by atoms with E-state index in [1.807, 2.05) is 78.9 Å². The minimum absolute atomic E-state index is 0.0686. The summed E-state index contributed by atoms with van der Waals surface area (Å²) in [5.41, 5.74) is 1.57. The molecular formula is C40H47N6O7P. The highest BCUT2D eigenvalue weighted by Gasteiger charge is 2.45. The third kappa shape index (κ3) is 8.20. The maximum Gasteiger partial charge on any atom is 0.352 e. The van der Waals surface area contributed by atoms with Crippen LogP contribution in [-0.4, -0.2) is 75.6 Å². The third-order valence-corrected chi connectivity index (χ3v) is 11.5. The summed E-state index contributed by atoms with van der Waals surface area (Å²) in [5, 5.41) is 13.5. The summed E-state index contributed by atoms with van der Waals surface area (Å²) in [4.78, 5) is 17.8. The summed E-state index contributed by atoms with van der Waals surface area (Å²) < 4.78 is 43.3. The summed E-state index contributed by atoms with van der Waals surface area (Å²) in [7, 11) is 1.63. The van der Waals surface area contributed by atoms with Crippen molar-refractivity contribution in [3.63, 3.8) is 0 Å². The molecule has 284 valence electrons. The fraction of sp³-hybridized carbons (Fsp3) is 0.400. The lowest BCUT2D eigenvalue weighted by molar-refractivity contribution is -0.0926. The molecule has 3 heterocycles. The van der Waals surface area contributed by atoms with Crippen LogP contribution in [-0.2, 0) is 24.1 Å². The van der Waals surface area contributed by atoms with Gasteiger partial charge >= 0.3 is 5.69 Å². The van der Waals surface area contributed by atoms with Crippen molar-refractivity contribution in [2.75, 3.05) is 27.4 Å². The average Bonchev–Trinajstić information content (AvgIpc) is 3.83. The number of nitrogens with zero attached hydrogens (tertiary/aromatic N) is 6. The van der Waals surface area contributed by atoms with Crippen LogP contribution in [0.5, 0.6) is 11.5 Å². The Morgan fingerprint density at radius 2 is 1.54 bits per heavy atom. The Labute approximate surface area is 316 Å². The molecule has 2 aromatic heterocycles. The molecule has 14 heteroatoms. The summed E-state index contributed by atoms with van der Waals surface area (Å²) in [6.45, 7) is 8.64. The summed E-state index contributed by atoms with van der Waals surface area (Å²) in [6, 6.07) is 29.7. The molecule has 1 saturated heterocycles. The number of fused-ring (bicyclic) bond motifs is 1. The highest BCUT2D eigenvalue weighted by Crippen LogP contribution is 2.50. The molecule has 1 aliphatic heterocycles. The normalized spacial score (nSPS) is 18.0. The van der Waals surface area contributed by atoms with Gasteiger partial charge in [0.2, 0.25) is 0 Å². The fourth-order valence-corrected chi connectivity index (χ4v) is 8.63. The number of benzene rings is 3. The second-order valence-electron chi connectivity index (χ2n) is 13.4. The van der Waals surface area contributed by atoms with Crippen molar-refractivity contribution in [3.8, 4) is 17.6 Å². The molecule has 1 fully saturated rings. The molecule has 1 aliphatic rings. The standard InChI is InChI=1S/C40H47N6O7P/c1-28(2)46(29(3)4)54(51-24-10-22-41)53-35-25-38(44-23-21-37-42-27-43-45(37)39(44)47)52-36(35)26-50-40(30-11-8-7-9-12-30,31-13-17-33(48-5)18-14-31)32-15-19-34(49-6)20-16-32/h7-9,11-21,23,27-29,35-36,38H,10,24-26H2,1-6H3/t35-,36+,38+,54?/m0/s1. The van der Waals surface area contributed by atoms with Gasteiger partial charge in [-0.05, 0) is 74.7 Å². The first-order chi connectivity index (χ1) is 26.2. The van der Waals surface area contributed by atoms with Crippen LogP contribution < -0.4 is 15.2 Å². The van der Waals surface area contributed by atoms with E-state index in [1.54, 1.807) is 26.5 Å². The second kappa shape index (κ2) is 17.6. The molecule has 0 saturated carbocycles. The topological polar surface area (TPSA) is 135 Å². The van der Waals surface area contributed by atoms with E-state index < -0.39 is 32.6 Å². The molecule has 4 atom stereocenters. The maximum atomic E-state index is 13.6. The first-order valence-electron chi connectivity index (χ1n) is 18.0. The molecule has 13 nitrogen and oxygen atoms in total. The Balaban J connectivity index is 1.43. The van der Waals surface area contributed by atoms with Crippen LogP contribution in [0.25, 0.3) is 5.65 Å². The monoisotopic (exact) mass is 754 g/mol. The highest BCUT2D eigenvalue weighted by atomic mass is 31.2. The van der Waals surface area contributed by atoms with Crippen molar-refractivity contribution in [2.45, 2.75) is 76.7 Å². The molecular weight excluding hydrogens is 707 g/mol. The van der Waals surface area contributed by atoms with E-state index in [-0.39, 0.29) is 37.4 Å². The van der Waals surface area contributed by atoms with Crippen LogP contribution in [0.3, 0.4) is 0 Å². The van der Waals surface area contributed by atoms with E-state index >= 15 is 0 Å². The molecule has 0 spiro atoms. The maximum absolute atomic E-state index is 13.6. The SMILES string of the molecule is COc1ccc(C(OC[C@H]2O[C@@H](n3ccc4ncnn4c3=O)C[C@@H]2OP(OCCC#N)N(C(C)C)C(C)C)(c2ccccc2)c2ccc(OC)cc2)cc1. The Hall–Kier alpha value is -4.67. The van der Waals surface area contributed by atoms with Gasteiger partial charge in [0, 0.05) is 24.7 Å². The van der Waals surface area contributed by atoms with Gasteiger partial charge < -0.3 is 28.0 Å². The van der Waals surface area contributed by atoms with E-state index in [9.17, 15) is 10.1 Å². The number of rotatable bonds is 17. The zero-order valence-electron chi connectivity index (χ0n) is 31.4. The largest absolute Gasteiger partial charge is 0.497 e. The number of hydrogen-bond donors (Lipinski definition) is 0. The highest BCUT2D eigenvalue weighted by molar-refractivity contribution is 7.44. The van der Waals surface area contributed by atoms with E-state index in [2.05, 4.69) is 48.5 Å². The fourth-order valence-electron chi connectivity index (χ4n) is 6.87. The zero-order valence-corrected chi connectivity index (χ0v) is 32.3. The Morgan fingerprint density at radius 3 is 2.11 bits per heavy atom. The van der Waals surface area contributed by atoms with Crippen LogP contribution in [0.4, 0.5) is 0 Å². The van der Waals surface area contributed by atoms with Crippen LogP contribution in [0.1, 0.15) is 63.5 Å². The van der Waals surface area contributed by atoms with Crippen LogP contribution >= 0.6 is 8.53 Å². The van der Waals surface area contributed by atoms with Gasteiger partial charge in [0.15, 0.2) is 5.65 Å². The van der Waals surface area contributed by atoms with Gasteiger partial charge in [-0.15, -0.1) is 0 Å². The van der Waals surface area contributed by atoms with E-state index in [0.29, 0.717) is 23.6 Å². The van der Waals surface area contributed by atoms with Crippen LogP contribution in [0.15, 0.2) is 102 Å². The van der Waals surface area contributed by atoms with Crippen LogP contribution in [0, 0.1) is 11.3 Å². The van der Waals surface area contributed by atoms with Gasteiger partial charge in [-0.1, -0.05) is 54.6 Å². The predicted molar refractivity (Wildman–Crippen MR) is 204 cm³/mol. The lowest BCUT2D eigenvalue weighted by Gasteiger charge is -2.39. The molecule has 5 aromatic rings. The summed E-state index contributed by atoms with van der Waals surface area (Å²) >= 11 is 0. The van der Waals surface area contributed by atoms with Crippen molar-refractivity contribution in [1.82, 2.24) is 23.8 Å². The number of nitriles is 1. The molecule has 0 N–H and O–H groups in total. The smallest absolute Gasteiger partial charge is 0.352 e. The molecule has 1 unspecified atom stereocenters. The van der Waals surface area contributed by atoms with Crippen molar-refractivity contribution in [2.24, 2.45) is 0 Å². The Bertz CT molecular complexity index is 1990. The molecule has 3 aromatic carbocycles. The van der Waals surface area contributed by atoms with Gasteiger partial charge in [-0.2, -0.15) is 14.9 Å². The Morgan fingerprint density at radius 1 is 0.926 bits per heavy atom. The van der Waals surface area contributed by atoms with Gasteiger partial charge in [-0.3, -0.25) is 4.57 Å². The first-order valence-corrected chi connectivity index (χ1v) is 19.1.